The minimum absolute atomic E-state index is 0.197. The molecule has 0 spiro atoms. The Hall–Kier alpha value is -2.05. The van der Waals surface area contributed by atoms with Gasteiger partial charge in [0.2, 0.25) is 0 Å². The Morgan fingerprint density at radius 3 is 1.89 bits per heavy atom. The Kier molecular flexibility index (Phi) is 5.38. The smallest absolute Gasteiger partial charge is 0.326 e. The van der Waals surface area contributed by atoms with Crippen LogP contribution in [0.2, 0.25) is 0 Å². The van der Waals surface area contributed by atoms with Crippen molar-refractivity contribution in [3.05, 3.63) is 35.5 Å². The number of phenolic OH excluding ortho intramolecular Hbond substituents is 1. The van der Waals surface area contributed by atoms with Crippen LogP contribution >= 0.6 is 0 Å². The Morgan fingerprint density at radius 2 is 1.48 bits per heavy atom. The van der Waals surface area contributed by atoms with Crippen molar-refractivity contribution in [2.75, 3.05) is 0 Å². The van der Waals surface area contributed by atoms with Gasteiger partial charge in [0.1, 0.15) is 12.3 Å². The van der Waals surface area contributed by atoms with Gasteiger partial charge in [-0.3, -0.25) is 4.68 Å². The topological polar surface area (TPSA) is 38.0 Å². The molecule has 1 aromatic carbocycles. The van der Waals surface area contributed by atoms with Crippen LogP contribution in [0.15, 0.2) is 24.4 Å². The third-order valence-corrected chi connectivity index (χ3v) is 4.35. The maximum Gasteiger partial charge on any atom is 0.326 e. The van der Waals surface area contributed by atoms with E-state index < -0.39 is 18.9 Å². The van der Waals surface area contributed by atoms with E-state index >= 15 is 0 Å². The van der Waals surface area contributed by atoms with Gasteiger partial charge in [-0.25, -0.2) is 8.78 Å². The zero-order chi connectivity index (χ0) is 20.8. The van der Waals surface area contributed by atoms with E-state index in [9.17, 15) is 22.7 Å². The molecule has 0 radical (unpaired) electrons. The molecule has 2 aromatic rings. The number of rotatable bonds is 4. The molecule has 0 atom stereocenters. The van der Waals surface area contributed by atoms with Gasteiger partial charge in [-0.15, -0.1) is 0 Å². The highest BCUT2D eigenvalue weighted by Gasteiger charge is 2.41. The first kappa shape index (κ1) is 21.3. The molecule has 2 rings (SSSR count). The van der Waals surface area contributed by atoms with Crippen LogP contribution in [0, 0.1) is 0 Å². The maximum atomic E-state index is 13.3. The molecule has 0 aliphatic carbocycles. The minimum atomic E-state index is -4.15. The van der Waals surface area contributed by atoms with E-state index in [-0.39, 0.29) is 16.6 Å². The lowest BCUT2D eigenvalue weighted by molar-refractivity contribution is -0.139. The fraction of sp³-hybridized carbons (Fsp3) is 0.550. The molecule has 0 bridgehead atoms. The predicted octanol–water partition coefficient (Wildman–Crippen LogP) is 5.75. The van der Waals surface area contributed by atoms with Crippen LogP contribution in [0.25, 0.3) is 11.3 Å². The Labute approximate surface area is 157 Å². The molecule has 1 aromatic heterocycles. The molecular formula is C20H26F4N2O. The zero-order valence-corrected chi connectivity index (χ0v) is 16.4. The second-order valence-electron chi connectivity index (χ2n) is 8.88. The van der Waals surface area contributed by atoms with Gasteiger partial charge < -0.3 is 5.11 Å². The largest absolute Gasteiger partial charge is 0.507 e. The summed E-state index contributed by atoms with van der Waals surface area (Å²) in [5.74, 6) is -3.95. The third-order valence-electron chi connectivity index (χ3n) is 4.35. The van der Waals surface area contributed by atoms with Crippen molar-refractivity contribution in [2.24, 2.45) is 0 Å². The van der Waals surface area contributed by atoms with E-state index in [1.54, 1.807) is 12.1 Å². The van der Waals surface area contributed by atoms with Crippen molar-refractivity contribution >= 4 is 0 Å². The zero-order valence-electron chi connectivity index (χ0n) is 16.4. The molecule has 0 saturated heterocycles. The van der Waals surface area contributed by atoms with E-state index in [1.165, 1.54) is 12.3 Å². The first-order chi connectivity index (χ1) is 12.1. The Bertz CT molecular complexity index is 779. The van der Waals surface area contributed by atoms with E-state index in [0.717, 1.165) is 4.68 Å². The predicted molar refractivity (Wildman–Crippen MR) is 97.7 cm³/mol. The average Bonchev–Trinajstić information content (AvgIpc) is 2.92. The molecule has 1 N–H and O–H groups in total. The highest BCUT2D eigenvalue weighted by atomic mass is 19.3. The van der Waals surface area contributed by atoms with Crippen LogP contribution in [-0.2, 0) is 17.4 Å². The van der Waals surface area contributed by atoms with Crippen molar-refractivity contribution < 1.29 is 22.7 Å². The fourth-order valence-corrected chi connectivity index (χ4v) is 2.81. The summed E-state index contributed by atoms with van der Waals surface area (Å²) < 4.78 is 52.3. The molecular weight excluding hydrogens is 360 g/mol. The molecule has 7 heteroatoms. The molecule has 0 amide bonds. The van der Waals surface area contributed by atoms with Crippen molar-refractivity contribution in [2.45, 2.75) is 71.3 Å². The molecule has 0 aliphatic rings. The number of nitrogens with zero attached hydrogens (tertiary/aromatic N) is 2. The third kappa shape index (κ3) is 4.62. The minimum Gasteiger partial charge on any atom is -0.507 e. The van der Waals surface area contributed by atoms with Crippen molar-refractivity contribution in [1.82, 2.24) is 9.78 Å². The summed E-state index contributed by atoms with van der Waals surface area (Å²) in [6, 6.07) is 5.04. The van der Waals surface area contributed by atoms with Crippen molar-refractivity contribution in [3.63, 3.8) is 0 Å². The molecule has 0 aliphatic heterocycles. The number of alkyl halides is 4. The maximum absolute atomic E-state index is 13.3. The molecule has 3 nitrogen and oxygen atoms in total. The van der Waals surface area contributed by atoms with Gasteiger partial charge in [0, 0.05) is 22.9 Å². The SMILES string of the molecule is CC(C)(C)c1cc(-c2ccn(CC(F)(F)C(F)F)n2)cc(C(C)(C)C)c1O. The lowest BCUT2D eigenvalue weighted by atomic mass is 9.78. The number of phenols is 1. The summed E-state index contributed by atoms with van der Waals surface area (Å²) in [7, 11) is 0. The van der Waals surface area contributed by atoms with Gasteiger partial charge in [0.25, 0.3) is 0 Å². The van der Waals surface area contributed by atoms with E-state index in [2.05, 4.69) is 5.10 Å². The number of hydrogen-bond donors (Lipinski definition) is 1. The lowest BCUT2D eigenvalue weighted by Crippen LogP contribution is -2.32. The standard InChI is InChI=1S/C20H26F4N2O/c1-18(2,3)13-9-12(10-14(16(13)27)19(4,5)6)15-7-8-26(25-15)11-20(23,24)17(21)22/h7-10,17,27H,11H2,1-6H3. The molecule has 27 heavy (non-hydrogen) atoms. The van der Waals surface area contributed by atoms with Crippen LogP contribution in [-0.4, -0.2) is 27.2 Å². The van der Waals surface area contributed by atoms with E-state index in [1.807, 2.05) is 41.5 Å². The Balaban J connectivity index is 2.54. The highest BCUT2D eigenvalue weighted by Crippen LogP contribution is 2.41. The normalized spacial score (nSPS) is 13.4. The summed E-state index contributed by atoms with van der Waals surface area (Å²) >= 11 is 0. The first-order valence-electron chi connectivity index (χ1n) is 8.70. The Morgan fingerprint density at radius 1 is 1.00 bits per heavy atom. The van der Waals surface area contributed by atoms with Crippen molar-refractivity contribution in [1.29, 1.82) is 0 Å². The number of benzene rings is 1. The van der Waals surface area contributed by atoms with Crippen molar-refractivity contribution in [3.8, 4) is 17.0 Å². The van der Waals surface area contributed by atoms with Crippen LogP contribution in [0.4, 0.5) is 17.6 Å². The van der Waals surface area contributed by atoms with Gasteiger partial charge in [-0.2, -0.15) is 13.9 Å². The number of halogens is 4. The summed E-state index contributed by atoms with van der Waals surface area (Å²) in [6.07, 6.45) is -2.50. The second kappa shape index (κ2) is 6.84. The summed E-state index contributed by atoms with van der Waals surface area (Å²) in [4.78, 5) is 0. The van der Waals surface area contributed by atoms with Gasteiger partial charge in [-0.1, -0.05) is 41.5 Å². The fourth-order valence-electron chi connectivity index (χ4n) is 2.81. The second-order valence-corrected chi connectivity index (χ2v) is 8.88. The van der Waals surface area contributed by atoms with Gasteiger partial charge in [0.15, 0.2) is 0 Å². The monoisotopic (exact) mass is 386 g/mol. The van der Waals surface area contributed by atoms with E-state index in [4.69, 9.17) is 0 Å². The molecule has 150 valence electrons. The van der Waals surface area contributed by atoms with Gasteiger partial charge in [-0.05, 0) is 29.0 Å². The van der Waals surface area contributed by atoms with Crippen LogP contribution in [0.1, 0.15) is 52.7 Å². The number of aromatic hydroxyl groups is 1. The lowest BCUT2D eigenvalue weighted by Gasteiger charge is -2.28. The van der Waals surface area contributed by atoms with Crippen LogP contribution in [0.5, 0.6) is 5.75 Å². The van der Waals surface area contributed by atoms with Gasteiger partial charge in [0.05, 0.1) is 5.69 Å². The van der Waals surface area contributed by atoms with Crippen LogP contribution < -0.4 is 0 Å². The van der Waals surface area contributed by atoms with E-state index in [0.29, 0.717) is 22.4 Å². The quantitative estimate of drug-likeness (QED) is 0.680. The summed E-state index contributed by atoms with van der Waals surface area (Å²) in [5.41, 5.74) is 1.73. The average molecular weight is 386 g/mol. The molecule has 1 heterocycles. The first-order valence-corrected chi connectivity index (χ1v) is 8.70. The molecule has 0 saturated carbocycles. The number of hydrogen-bond acceptors (Lipinski definition) is 2. The molecule has 0 fully saturated rings. The molecule has 0 unspecified atom stereocenters. The highest BCUT2D eigenvalue weighted by molar-refractivity contribution is 5.66. The van der Waals surface area contributed by atoms with Crippen LogP contribution in [0.3, 0.4) is 0 Å². The number of aromatic nitrogens is 2. The summed E-state index contributed by atoms with van der Waals surface area (Å²) in [6.45, 7) is 10.6. The van der Waals surface area contributed by atoms with Gasteiger partial charge >= 0.3 is 12.3 Å². The summed E-state index contributed by atoms with van der Waals surface area (Å²) in [5, 5.41) is 14.8.